The molecule has 1 amide bonds. The number of unbranched alkanes of at least 4 members (excludes halogenated alkanes) is 1. The lowest BCUT2D eigenvalue weighted by molar-refractivity contribution is -0.118. The number of anilines is 1. The molecule has 5 nitrogen and oxygen atoms in total. The van der Waals surface area contributed by atoms with Crippen LogP contribution < -0.4 is 9.64 Å². The van der Waals surface area contributed by atoms with Gasteiger partial charge in [-0.25, -0.2) is 0 Å². The number of rotatable bonds is 12. The largest absolute Gasteiger partial charge is 0.494 e. The molecule has 180 valence electrons. The van der Waals surface area contributed by atoms with Crippen LogP contribution in [0.25, 0.3) is 0 Å². The summed E-state index contributed by atoms with van der Waals surface area (Å²) in [5.41, 5.74) is 2.36. The molecule has 3 rings (SSSR count). The number of carbonyl (C=O) groups excluding carboxylic acids is 1. The first-order valence-electron chi connectivity index (χ1n) is 12.6. The average molecular weight is 452 g/mol. The number of piperazine rings is 1. The van der Waals surface area contributed by atoms with Crippen LogP contribution in [0.2, 0.25) is 0 Å². The highest BCUT2D eigenvalue weighted by Crippen LogP contribution is 2.23. The van der Waals surface area contributed by atoms with Gasteiger partial charge in [0, 0.05) is 57.4 Å². The number of amides is 1. The average Bonchev–Trinajstić information content (AvgIpc) is 2.85. The lowest BCUT2D eigenvalue weighted by Crippen LogP contribution is -2.52. The second kappa shape index (κ2) is 13.4. The third-order valence-corrected chi connectivity index (χ3v) is 6.44. The summed E-state index contributed by atoms with van der Waals surface area (Å²) in [6, 6.07) is 18.9. The summed E-state index contributed by atoms with van der Waals surface area (Å²) in [7, 11) is 0. The second-order valence-electron chi connectivity index (χ2n) is 9.04. The van der Waals surface area contributed by atoms with Gasteiger partial charge in [-0.15, -0.1) is 0 Å². The van der Waals surface area contributed by atoms with E-state index in [1.54, 1.807) is 0 Å². The molecule has 2 aromatic carbocycles. The minimum absolute atomic E-state index is 0.125. The van der Waals surface area contributed by atoms with Crippen molar-refractivity contribution in [2.24, 2.45) is 0 Å². The quantitative estimate of drug-likeness (QED) is 0.432. The number of ether oxygens (including phenoxy) is 1. The van der Waals surface area contributed by atoms with E-state index < -0.39 is 0 Å². The van der Waals surface area contributed by atoms with E-state index in [2.05, 4.69) is 54.0 Å². The van der Waals surface area contributed by atoms with Gasteiger partial charge in [0.25, 0.3) is 0 Å². The number of benzene rings is 2. The molecule has 1 aliphatic heterocycles. The van der Waals surface area contributed by atoms with Crippen LogP contribution in [0, 0.1) is 0 Å². The molecule has 0 aliphatic carbocycles. The second-order valence-corrected chi connectivity index (χ2v) is 9.04. The van der Waals surface area contributed by atoms with Gasteiger partial charge in [0.1, 0.15) is 5.75 Å². The van der Waals surface area contributed by atoms with Crippen molar-refractivity contribution in [2.45, 2.75) is 52.5 Å². The van der Waals surface area contributed by atoms with Gasteiger partial charge >= 0.3 is 0 Å². The molecule has 0 N–H and O–H groups in total. The molecule has 0 spiro atoms. The maximum atomic E-state index is 12.8. The number of hydrogen-bond acceptors (Lipinski definition) is 4. The van der Waals surface area contributed by atoms with Crippen molar-refractivity contribution in [1.82, 2.24) is 9.80 Å². The topological polar surface area (TPSA) is 36.0 Å². The molecule has 0 saturated carbocycles. The molecule has 1 aliphatic rings. The van der Waals surface area contributed by atoms with E-state index in [1.165, 1.54) is 5.56 Å². The standard InChI is InChI=1S/C28H41N3O2/c1-4-6-22-33-27-14-12-26(13-15-27)31(28(32)5-2)24(3)23-30-20-18-29(19-21-30)17-16-25-10-8-7-9-11-25/h7-15,24H,4-6,16-23H2,1-3H3. The zero-order valence-corrected chi connectivity index (χ0v) is 20.7. The van der Waals surface area contributed by atoms with Gasteiger partial charge in [0.2, 0.25) is 5.91 Å². The zero-order chi connectivity index (χ0) is 23.5. The molecule has 2 aromatic rings. The monoisotopic (exact) mass is 451 g/mol. The van der Waals surface area contributed by atoms with Crippen molar-refractivity contribution in [1.29, 1.82) is 0 Å². The van der Waals surface area contributed by atoms with Crippen LogP contribution in [0.3, 0.4) is 0 Å². The SMILES string of the molecule is CCCCOc1ccc(N(C(=O)CC)C(C)CN2CCN(CCc3ccccc3)CC2)cc1. The van der Waals surface area contributed by atoms with Gasteiger partial charge in [-0.3, -0.25) is 9.69 Å². The smallest absolute Gasteiger partial charge is 0.226 e. The Hall–Kier alpha value is -2.37. The fraction of sp³-hybridized carbons (Fsp3) is 0.536. The lowest BCUT2D eigenvalue weighted by atomic mass is 10.1. The lowest BCUT2D eigenvalue weighted by Gasteiger charge is -2.38. The molecule has 0 bridgehead atoms. The van der Waals surface area contributed by atoms with Crippen molar-refractivity contribution in [3.63, 3.8) is 0 Å². The van der Waals surface area contributed by atoms with Crippen molar-refractivity contribution < 1.29 is 9.53 Å². The summed E-state index contributed by atoms with van der Waals surface area (Å²) >= 11 is 0. The Balaban J connectivity index is 1.51. The van der Waals surface area contributed by atoms with Gasteiger partial charge in [0.05, 0.1) is 6.61 Å². The highest BCUT2D eigenvalue weighted by molar-refractivity contribution is 5.93. The Morgan fingerprint density at radius 2 is 1.64 bits per heavy atom. The molecule has 1 heterocycles. The van der Waals surface area contributed by atoms with Crippen LogP contribution >= 0.6 is 0 Å². The van der Waals surface area contributed by atoms with Crippen LogP contribution in [0.1, 0.15) is 45.6 Å². The van der Waals surface area contributed by atoms with E-state index >= 15 is 0 Å². The third-order valence-electron chi connectivity index (χ3n) is 6.44. The molecule has 1 unspecified atom stereocenters. The molecule has 0 aromatic heterocycles. The minimum atomic E-state index is 0.125. The van der Waals surface area contributed by atoms with E-state index in [1.807, 2.05) is 36.1 Å². The van der Waals surface area contributed by atoms with Gasteiger partial charge in [-0.2, -0.15) is 0 Å². The maximum absolute atomic E-state index is 12.8. The van der Waals surface area contributed by atoms with Gasteiger partial charge in [-0.1, -0.05) is 50.6 Å². The Morgan fingerprint density at radius 3 is 2.27 bits per heavy atom. The summed E-state index contributed by atoms with van der Waals surface area (Å²) in [5.74, 6) is 1.04. The predicted molar refractivity (Wildman–Crippen MR) is 137 cm³/mol. The normalized spacial score (nSPS) is 15.8. The fourth-order valence-corrected chi connectivity index (χ4v) is 4.43. The summed E-state index contributed by atoms with van der Waals surface area (Å²) in [5, 5.41) is 0. The van der Waals surface area contributed by atoms with Crippen LogP contribution in [0.5, 0.6) is 5.75 Å². The summed E-state index contributed by atoms with van der Waals surface area (Å²) < 4.78 is 5.79. The highest BCUT2D eigenvalue weighted by atomic mass is 16.5. The van der Waals surface area contributed by atoms with Crippen molar-refractivity contribution >= 4 is 11.6 Å². The van der Waals surface area contributed by atoms with E-state index in [4.69, 9.17) is 4.74 Å². The van der Waals surface area contributed by atoms with Crippen molar-refractivity contribution in [3.05, 3.63) is 60.2 Å². The van der Waals surface area contributed by atoms with Gasteiger partial charge in [-0.05, 0) is 49.6 Å². The maximum Gasteiger partial charge on any atom is 0.226 e. The Kier molecular flexibility index (Phi) is 10.2. The van der Waals surface area contributed by atoms with E-state index in [-0.39, 0.29) is 11.9 Å². The molecule has 1 atom stereocenters. The van der Waals surface area contributed by atoms with Crippen LogP contribution in [0.4, 0.5) is 5.69 Å². The first kappa shape index (κ1) is 25.3. The first-order valence-corrected chi connectivity index (χ1v) is 12.6. The van der Waals surface area contributed by atoms with Crippen molar-refractivity contribution in [2.75, 3.05) is 50.8 Å². The van der Waals surface area contributed by atoms with Crippen LogP contribution in [0.15, 0.2) is 54.6 Å². The number of carbonyl (C=O) groups is 1. The summed E-state index contributed by atoms with van der Waals surface area (Å²) in [6.07, 6.45) is 3.79. The van der Waals surface area contributed by atoms with E-state index in [9.17, 15) is 4.79 Å². The molecule has 0 radical (unpaired) electrons. The zero-order valence-electron chi connectivity index (χ0n) is 20.7. The molecule has 33 heavy (non-hydrogen) atoms. The Morgan fingerprint density at radius 1 is 0.970 bits per heavy atom. The highest BCUT2D eigenvalue weighted by Gasteiger charge is 2.25. The Labute approximate surface area is 200 Å². The van der Waals surface area contributed by atoms with Gasteiger partial charge in [0.15, 0.2) is 0 Å². The number of hydrogen-bond donors (Lipinski definition) is 0. The van der Waals surface area contributed by atoms with E-state index in [0.717, 1.165) is 76.6 Å². The predicted octanol–water partition coefficient (Wildman–Crippen LogP) is 4.86. The molecule has 1 fully saturated rings. The first-order chi connectivity index (χ1) is 16.1. The molecular formula is C28H41N3O2. The Bertz CT molecular complexity index is 817. The molecule has 5 heteroatoms. The van der Waals surface area contributed by atoms with Crippen LogP contribution in [-0.2, 0) is 11.2 Å². The van der Waals surface area contributed by atoms with E-state index in [0.29, 0.717) is 6.42 Å². The van der Waals surface area contributed by atoms with Crippen LogP contribution in [-0.4, -0.2) is 67.6 Å². The third kappa shape index (κ3) is 7.86. The fourth-order valence-electron chi connectivity index (χ4n) is 4.43. The number of nitrogens with zero attached hydrogens (tertiary/aromatic N) is 3. The minimum Gasteiger partial charge on any atom is -0.494 e. The summed E-state index contributed by atoms with van der Waals surface area (Å²) in [6.45, 7) is 13.3. The van der Waals surface area contributed by atoms with Crippen molar-refractivity contribution in [3.8, 4) is 5.75 Å². The van der Waals surface area contributed by atoms with Gasteiger partial charge < -0.3 is 14.5 Å². The molecule has 1 saturated heterocycles. The summed E-state index contributed by atoms with van der Waals surface area (Å²) in [4.78, 5) is 19.9. The molecular weight excluding hydrogens is 410 g/mol.